The lowest BCUT2D eigenvalue weighted by molar-refractivity contribution is -0.129. The first-order valence-electron chi connectivity index (χ1n) is 5.59. The summed E-state index contributed by atoms with van der Waals surface area (Å²) < 4.78 is 0. The van der Waals surface area contributed by atoms with Gasteiger partial charge in [-0.2, -0.15) is 0 Å². The summed E-state index contributed by atoms with van der Waals surface area (Å²) in [5.41, 5.74) is -0.233. The minimum atomic E-state index is -0.977. The molecule has 88 valence electrons. The van der Waals surface area contributed by atoms with E-state index < -0.39 is 6.10 Å². The molecule has 3 N–H and O–H groups in total. The van der Waals surface area contributed by atoms with Gasteiger partial charge in [0.15, 0.2) is 0 Å². The van der Waals surface area contributed by atoms with Gasteiger partial charge in [0.2, 0.25) is 5.91 Å². The molecule has 3 unspecified atom stereocenters. The van der Waals surface area contributed by atoms with Crippen LogP contribution < -0.4 is 5.32 Å². The number of carbonyl (C=O) groups is 1. The Hall–Kier alpha value is -0.610. The van der Waals surface area contributed by atoms with Gasteiger partial charge in [-0.25, -0.2) is 0 Å². The lowest BCUT2D eigenvalue weighted by Gasteiger charge is -2.38. The third-order valence-electron chi connectivity index (χ3n) is 3.33. The fraction of sp³-hybridized carbons (Fsp3) is 0.909. The van der Waals surface area contributed by atoms with Gasteiger partial charge in [0, 0.05) is 12.0 Å². The van der Waals surface area contributed by atoms with Crippen molar-refractivity contribution < 1.29 is 15.0 Å². The molecule has 1 amide bonds. The van der Waals surface area contributed by atoms with Crippen LogP contribution in [0.2, 0.25) is 0 Å². The summed E-state index contributed by atoms with van der Waals surface area (Å²) in [4.78, 5) is 11.2. The number of aliphatic hydroxyl groups excluding tert-OH is 2. The van der Waals surface area contributed by atoms with Gasteiger partial charge in [0.1, 0.15) is 6.10 Å². The molecule has 1 aliphatic carbocycles. The fourth-order valence-electron chi connectivity index (χ4n) is 2.02. The van der Waals surface area contributed by atoms with E-state index in [1.807, 2.05) is 6.92 Å². The predicted octanol–water partition coefficient (Wildman–Crippen LogP) is 0.425. The Kier molecular flexibility index (Phi) is 4.11. The molecule has 0 aromatic carbocycles. The third kappa shape index (κ3) is 3.18. The number of hydrogen-bond donors (Lipinski definition) is 3. The summed E-state index contributed by atoms with van der Waals surface area (Å²) in [7, 11) is 0. The van der Waals surface area contributed by atoms with Crippen molar-refractivity contribution in [3.05, 3.63) is 0 Å². The van der Waals surface area contributed by atoms with Crippen LogP contribution in [0.5, 0.6) is 0 Å². The summed E-state index contributed by atoms with van der Waals surface area (Å²) in [6.45, 7) is 3.87. The van der Waals surface area contributed by atoms with Crippen LogP contribution in [0.1, 0.15) is 39.5 Å². The van der Waals surface area contributed by atoms with E-state index in [4.69, 9.17) is 5.11 Å². The van der Waals surface area contributed by atoms with Crippen LogP contribution in [0.25, 0.3) is 0 Å². The number of rotatable bonds is 3. The molecule has 0 spiro atoms. The lowest BCUT2D eigenvalue weighted by atomic mass is 9.73. The van der Waals surface area contributed by atoms with E-state index >= 15 is 0 Å². The first kappa shape index (κ1) is 12.5. The first-order valence-corrected chi connectivity index (χ1v) is 5.59. The zero-order valence-electron chi connectivity index (χ0n) is 9.49. The molecule has 0 heterocycles. The Labute approximate surface area is 90.7 Å². The zero-order chi connectivity index (χ0) is 11.5. The van der Waals surface area contributed by atoms with Crippen molar-refractivity contribution in [2.24, 2.45) is 5.41 Å². The summed E-state index contributed by atoms with van der Waals surface area (Å²) in [5.74, 6) is -0.367. The summed E-state index contributed by atoms with van der Waals surface area (Å²) >= 11 is 0. The molecule has 0 saturated heterocycles. The monoisotopic (exact) mass is 215 g/mol. The molecule has 0 bridgehead atoms. The van der Waals surface area contributed by atoms with Crippen LogP contribution in [-0.2, 0) is 4.79 Å². The highest BCUT2D eigenvalue weighted by Gasteiger charge is 2.35. The van der Waals surface area contributed by atoms with Gasteiger partial charge in [-0.1, -0.05) is 19.8 Å². The predicted molar refractivity (Wildman–Crippen MR) is 57.3 cm³/mol. The normalized spacial score (nSPS) is 33.5. The second-order valence-corrected chi connectivity index (χ2v) is 4.81. The summed E-state index contributed by atoms with van der Waals surface area (Å²) in [5, 5.41) is 21.6. The largest absolute Gasteiger partial charge is 0.392 e. The number of nitrogens with one attached hydrogen (secondary N) is 1. The van der Waals surface area contributed by atoms with Gasteiger partial charge >= 0.3 is 0 Å². The number of hydrogen-bond acceptors (Lipinski definition) is 3. The Balaban J connectivity index is 2.44. The fourth-order valence-corrected chi connectivity index (χ4v) is 2.02. The van der Waals surface area contributed by atoms with Crippen molar-refractivity contribution in [3.63, 3.8) is 0 Å². The quantitative estimate of drug-likeness (QED) is 0.639. The summed E-state index contributed by atoms with van der Waals surface area (Å²) in [6.07, 6.45) is 2.56. The van der Waals surface area contributed by atoms with Crippen molar-refractivity contribution >= 4 is 5.91 Å². The molecule has 1 fully saturated rings. The number of carbonyl (C=O) groups excluding carboxylic acids is 1. The smallest absolute Gasteiger partial charge is 0.248 e. The molecule has 1 aliphatic rings. The van der Waals surface area contributed by atoms with Crippen molar-refractivity contribution in [1.29, 1.82) is 0 Å². The van der Waals surface area contributed by atoms with E-state index in [9.17, 15) is 9.90 Å². The SMILES string of the molecule is CC(O)C(=O)NCC1(C)CCCCC1O. The maximum atomic E-state index is 11.2. The molecule has 0 aromatic rings. The molecular formula is C11H21NO3. The second kappa shape index (κ2) is 4.94. The average Bonchev–Trinajstić information content (AvgIpc) is 2.19. The van der Waals surface area contributed by atoms with Gasteiger partial charge in [-0.3, -0.25) is 4.79 Å². The van der Waals surface area contributed by atoms with Crippen LogP contribution in [0, 0.1) is 5.41 Å². The Morgan fingerprint density at radius 2 is 2.27 bits per heavy atom. The van der Waals surface area contributed by atoms with E-state index in [2.05, 4.69) is 5.32 Å². The molecule has 0 aliphatic heterocycles. The Morgan fingerprint density at radius 3 is 2.80 bits per heavy atom. The van der Waals surface area contributed by atoms with E-state index in [0.717, 1.165) is 25.7 Å². The summed E-state index contributed by atoms with van der Waals surface area (Å²) in [6, 6.07) is 0. The molecule has 0 aromatic heterocycles. The van der Waals surface area contributed by atoms with E-state index in [0.29, 0.717) is 6.54 Å². The average molecular weight is 215 g/mol. The van der Waals surface area contributed by atoms with E-state index in [1.165, 1.54) is 6.92 Å². The van der Waals surface area contributed by atoms with E-state index in [1.54, 1.807) is 0 Å². The molecule has 15 heavy (non-hydrogen) atoms. The van der Waals surface area contributed by atoms with Crippen LogP contribution in [0.3, 0.4) is 0 Å². The zero-order valence-corrected chi connectivity index (χ0v) is 9.49. The Bertz CT molecular complexity index is 230. The van der Waals surface area contributed by atoms with Gasteiger partial charge in [0.25, 0.3) is 0 Å². The topological polar surface area (TPSA) is 69.6 Å². The highest BCUT2D eigenvalue weighted by molar-refractivity contribution is 5.79. The molecule has 1 rings (SSSR count). The minimum Gasteiger partial charge on any atom is -0.392 e. The molecule has 0 radical (unpaired) electrons. The number of aliphatic hydroxyl groups is 2. The molecule has 4 nitrogen and oxygen atoms in total. The standard InChI is InChI=1S/C11H21NO3/c1-8(13)10(15)12-7-11(2)6-4-3-5-9(11)14/h8-9,13-14H,3-7H2,1-2H3,(H,12,15). The van der Waals surface area contributed by atoms with Gasteiger partial charge < -0.3 is 15.5 Å². The van der Waals surface area contributed by atoms with Crippen LogP contribution >= 0.6 is 0 Å². The first-order chi connectivity index (χ1) is 6.96. The van der Waals surface area contributed by atoms with Crippen molar-refractivity contribution in [2.75, 3.05) is 6.54 Å². The van der Waals surface area contributed by atoms with Gasteiger partial charge in [-0.15, -0.1) is 0 Å². The lowest BCUT2D eigenvalue weighted by Crippen LogP contribution is -2.47. The maximum absolute atomic E-state index is 11.2. The molecule has 3 atom stereocenters. The van der Waals surface area contributed by atoms with Gasteiger partial charge in [0.05, 0.1) is 6.10 Å². The van der Waals surface area contributed by atoms with E-state index in [-0.39, 0.29) is 17.4 Å². The minimum absolute atomic E-state index is 0.233. The van der Waals surface area contributed by atoms with Gasteiger partial charge in [-0.05, 0) is 19.8 Å². The van der Waals surface area contributed by atoms with Crippen LogP contribution in [0.15, 0.2) is 0 Å². The van der Waals surface area contributed by atoms with Crippen molar-refractivity contribution in [3.8, 4) is 0 Å². The highest BCUT2D eigenvalue weighted by Crippen LogP contribution is 2.35. The molecular weight excluding hydrogens is 194 g/mol. The molecule has 1 saturated carbocycles. The Morgan fingerprint density at radius 1 is 1.60 bits per heavy atom. The number of amides is 1. The van der Waals surface area contributed by atoms with Crippen molar-refractivity contribution in [2.45, 2.75) is 51.7 Å². The van der Waals surface area contributed by atoms with Crippen LogP contribution in [-0.4, -0.2) is 34.9 Å². The third-order valence-corrected chi connectivity index (χ3v) is 3.33. The maximum Gasteiger partial charge on any atom is 0.248 e. The molecule has 4 heteroatoms. The van der Waals surface area contributed by atoms with Crippen LogP contribution in [0.4, 0.5) is 0 Å². The highest BCUT2D eigenvalue weighted by atomic mass is 16.3. The van der Waals surface area contributed by atoms with Crippen molar-refractivity contribution in [1.82, 2.24) is 5.32 Å². The second-order valence-electron chi connectivity index (χ2n) is 4.81.